The van der Waals surface area contributed by atoms with E-state index < -0.39 is 5.66 Å². The summed E-state index contributed by atoms with van der Waals surface area (Å²) < 4.78 is 13.6. The molecule has 4 aromatic carbocycles. The lowest BCUT2D eigenvalue weighted by atomic mass is 9.80. The second-order valence-corrected chi connectivity index (χ2v) is 16.8. The molecular formula is C46H40N2OS+2. The zero-order valence-electron chi connectivity index (χ0n) is 29.9. The van der Waals surface area contributed by atoms with Crippen molar-refractivity contribution < 1.29 is 13.6 Å². The van der Waals surface area contributed by atoms with Gasteiger partial charge in [-0.25, -0.2) is 0 Å². The predicted octanol–water partition coefficient (Wildman–Crippen LogP) is 11.1. The number of nitrogens with zero attached hydrogens (tertiary/aromatic N) is 2. The van der Waals surface area contributed by atoms with Gasteiger partial charge in [-0.05, 0) is 110 Å². The van der Waals surface area contributed by atoms with Gasteiger partial charge in [-0.15, -0.1) is 20.5 Å². The summed E-state index contributed by atoms with van der Waals surface area (Å²) in [7, 11) is 0. The van der Waals surface area contributed by atoms with E-state index in [2.05, 4.69) is 162 Å². The minimum atomic E-state index is -0.636. The molecule has 2 aliphatic heterocycles. The first-order chi connectivity index (χ1) is 24.0. The number of hydrogen-bond donors (Lipinski definition) is 0. The number of fused-ring (bicyclic) bond motifs is 16. The Kier molecular flexibility index (Phi) is 5.84. The number of aryl methyl sites for hydroxylation is 5. The number of rotatable bonds is 1. The van der Waals surface area contributed by atoms with E-state index in [0.717, 1.165) is 11.2 Å². The number of benzene rings is 4. The number of furan rings is 1. The standard InChI is InChI=1S/C46H40N2OS/c1-25-16-21-38-33-14-9-10-15-35(33)46(47(38)23-25)36-20-19-31-32-18-17-30-28(4)29(5)50-44(30)43(32)49-42(31)41(36)39-22-37(45(6,7)8)34(24-48(39)46)40-26(2)12-11-13-27(40)3/h9-24H,1-8H3/q+2. The summed E-state index contributed by atoms with van der Waals surface area (Å²) in [6, 6.07) is 32.0. The first-order valence-electron chi connectivity index (χ1n) is 17.7. The molecule has 0 amide bonds. The Balaban J connectivity index is 1.43. The van der Waals surface area contributed by atoms with Gasteiger partial charge in [0, 0.05) is 33.3 Å². The van der Waals surface area contributed by atoms with Crippen molar-refractivity contribution in [3.8, 4) is 33.6 Å². The monoisotopic (exact) mass is 668 g/mol. The van der Waals surface area contributed by atoms with Crippen LogP contribution in [0.5, 0.6) is 0 Å². The maximum atomic E-state index is 7.20. The van der Waals surface area contributed by atoms with Crippen LogP contribution in [-0.4, -0.2) is 0 Å². The van der Waals surface area contributed by atoms with Crippen LogP contribution in [0.4, 0.5) is 0 Å². The van der Waals surface area contributed by atoms with E-state index in [9.17, 15) is 0 Å². The lowest BCUT2D eigenvalue weighted by molar-refractivity contribution is -0.955. The first kappa shape index (κ1) is 29.8. The van der Waals surface area contributed by atoms with Crippen LogP contribution < -0.4 is 9.13 Å². The van der Waals surface area contributed by atoms with Gasteiger partial charge in [-0.2, -0.15) is 0 Å². The zero-order valence-corrected chi connectivity index (χ0v) is 30.8. The Morgan fingerprint density at radius 1 is 0.620 bits per heavy atom. The van der Waals surface area contributed by atoms with Gasteiger partial charge < -0.3 is 4.42 Å². The van der Waals surface area contributed by atoms with Crippen molar-refractivity contribution in [3.63, 3.8) is 0 Å². The second-order valence-electron chi connectivity index (χ2n) is 15.6. The van der Waals surface area contributed by atoms with Crippen molar-refractivity contribution >= 4 is 43.4 Å². The largest absolute Gasteiger partial charge is 0.454 e. The van der Waals surface area contributed by atoms with Crippen LogP contribution in [0.3, 0.4) is 0 Å². The van der Waals surface area contributed by atoms with Crippen molar-refractivity contribution in [2.24, 2.45) is 0 Å². The van der Waals surface area contributed by atoms with Crippen LogP contribution in [0.15, 0.2) is 102 Å². The van der Waals surface area contributed by atoms with Gasteiger partial charge in [-0.3, -0.25) is 0 Å². The Labute approximate surface area is 297 Å². The third-order valence-electron chi connectivity index (χ3n) is 11.6. The molecule has 4 heteroatoms. The van der Waals surface area contributed by atoms with E-state index >= 15 is 0 Å². The molecule has 6 heterocycles. The summed E-state index contributed by atoms with van der Waals surface area (Å²) in [5.41, 5.74) is 17.7. The molecule has 0 radical (unpaired) electrons. The smallest absolute Gasteiger partial charge is 0.417 e. The Hall–Kier alpha value is -5.06. The van der Waals surface area contributed by atoms with Crippen LogP contribution in [0.1, 0.15) is 64.6 Å². The number of aromatic nitrogens is 2. The zero-order chi connectivity index (χ0) is 34.4. The van der Waals surface area contributed by atoms with Crippen LogP contribution in [0.2, 0.25) is 0 Å². The van der Waals surface area contributed by atoms with Gasteiger partial charge >= 0.3 is 5.66 Å². The van der Waals surface area contributed by atoms with E-state index in [1.54, 1.807) is 0 Å². The van der Waals surface area contributed by atoms with Gasteiger partial charge in [0.15, 0.2) is 18.0 Å². The average Bonchev–Trinajstić information content (AvgIpc) is 3.78. The van der Waals surface area contributed by atoms with Gasteiger partial charge in [0.05, 0.1) is 15.8 Å². The minimum absolute atomic E-state index is 0.106. The van der Waals surface area contributed by atoms with Gasteiger partial charge in [0.2, 0.25) is 11.4 Å². The molecule has 10 rings (SSSR count). The molecule has 0 saturated heterocycles. The molecule has 8 aromatic rings. The molecule has 1 spiro atoms. The molecule has 0 saturated carbocycles. The molecule has 0 N–H and O–H groups in total. The highest BCUT2D eigenvalue weighted by molar-refractivity contribution is 7.20. The van der Waals surface area contributed by atoms with E-state index in [1.165, 1.54) is 98.3 Å². The fourth-order valence-corrected chi connectivity index (χ4v) is 10.3. The van der Waals surface area contributed by atoms with Crippen LogP contribution in [0, 0.1) is 34.6 Å². The second kappa shape index (κ2) is 9.80. The predicted molar refractivity (Wildman–Crippen MR) is 206 cm³/mol. The first-order valence-corrected chi connectivity index (χ1v) is 18.5. The topological polar surface area (TPSA) is 20.9 Å². The molecule has 3 nitrogen and oxygen atoms in total. The third kappa shape index (κ3) is 3.60. The molecule has 2 aliphatic rings. The quantitative estimate of drug-likeness (QED) is 0.160. The van der Waals surface area contributed by atoms with Gasteiger partial charge in [-0.1, -0.05) is 57.2 Å². The van der Waals surface area contributed by atoms with E-state index in [1.807, 2.05) is 11.3 Å². The van der Waals surface area contributed by atoms with E-state index in [4.69, 9.17) is 4.42 Å². The van der Waals surface area contributed by atoms with Crippen molar-refractivity contribution in [3.05, 3.63) is 141 Å². The molecule has 0 aliphatic carbocycles. The summed E-state index contributed by atoms with van der Waals surface area (Å²) in [5, 5.41) is 3.65. The van der Waals surface area contributed by atoms with Crippen LogP contribution in [-0.2, 0) is 11.1 Å². The molecule has 50 heavy (non-hydrogen) atoms. The SMILES string of the molecule is Cc1ccc2[n+](c1)C1(c3ccccc3-2)c2ccc3c(oc4c3ccc3c(C)c(C)sc34)c2-c2cc(C(C)(C)C)c(-c3c(C)cccc3C)c[n+]21. The van der Waals surface area contributed by atoms with Crippen LogP contribution in [0.25, 0.3) is 65.7 Å². The van der Waals surface area contributed by atoms with Crippen LogP contribution >= 0.6 is 11.3 Å². The minimum Gasteiger partial charge on any atom is -0.454 e. The fourth-order valence-electron chi connectivity index (χ4n) is 9.20. The summed E-state index contributed by atoms with van der Waals surface area (Å²) in [5.74, 6) is 0. The highest BCUT2D eigenvalue weighted by atomic mass is 32.1. The lowest BCUT2D eigenvalue weighted by Crippen LogP contribution is -2.71. The normalized spacial score (nSPS) is 16.1. The van der Waals surface area contributed by atoms with Gasteiger partial charge in [0.1, 0.15) is 22.3 Å². The molecular weight excluding hydrogens is 629 g/mol. The summed E-state index contributed by atoms with van der Waals surface area (Å²) in [4.78, 5) is 1.35. The van der Waals surface area contributed by atoms with Crippen molar-refractivity contribution in [2.45, 2.75) is 66.5 Å². The summed E-state index contributed by atoms with van der Waals surface area (Å²) in [6.07, 6.45) is 4.83. The average molecular weight is 669 g/mol. The number of pyridine rings is 2. The highest BCUT2D eigenvalue weighted by Gasteiger charge is 2.67. The third-order valence-corrected chi connectivity index (χ3v) is 12.8. The molecule has 0 fully saturated rings. The van der Waals surface area contributed by atoms with E-state index in [0.29, 0.717) is 0 Å². The summed E-state index contributed by atoms with van der Waals surface area (Å²) >= 11 is 1.85. The maximum Gasteiger partial charge on any atom is 0.417 e. The number of hydrogen-bond acceptors (Lipinski definition) is 2. The lowest BCUT2D eigenvalue weighted by Gasteiger charge is -2.25. The Morgan fingerprint density at radius 3 is 2.10 bits per heavy atom. The molecule has 244 valence electrons. The molecule has 4 aromatic heterocycles. The van der Waals surface area contributed by atoms with Gasteiger partial charge in [0.25, 0.3) is 0 Å². The Morgan fingerprint density at radius 2 is 1.32 bits per heavy atom. The van der Waals surface area contributed by atoms with Crippen molar-refractivity contribution in [1.29, 1.82) is 0 Å². The fraction of sp³-hybridized carbons (Fsp3) is 0.217. The molecule has 0 bridgehead atoms. The maximum absolute atomic E-state index is 7.20. The van der Waals surface area contributed by atoms with Crippen molar-refractivity contribution in [1.82, 2.24) is 0 Å². The molecule has 1 atom stereocenters. The molecule has 1 unspecified atom stereocenters. The summed E-state index contributed by atoms with van der Waals surface area (Å²) in [6.45, 7) is 18.2. The highest BCUT2D eigenvalue weighted by Crippen LogP contribution is 2.52. The van der Waals surface area contributed by atoms with E-state index in [-0.39, 0.29) is 5.41 Å². The van der Waals surface area contributed by atoms with Crippen molar-refractivity contribution in [2.75, 3.05) is 0 Å². The number of thiophene rings is 1. The Bertz CT molecular complexity index is 2790.